The molecule has 0 unspecified atom stereocenters. The van der Waals surface area contributed by atoms with Crippen molar-refractivity contribution in [2.75, 3.05) is 28.7 Å². The molecular formula is C18H17N3O4. The van der Waals surface area contributed by atoms with E-state index >= 15 is 0 Å². The van der Waals surface area contributed by atoms with E-state index in [0.29, 0.717) is 22.8 Å². The SMILES string of the molecule is CC(=O)Nc1ccc(OCC(=O)N2CC(=O)Nc3ccccc32)cc1. The van der Waals surface area contributed by atoms with Crippen LogP contribution < -0.4 is 20.3 Å². The quantitative estimate of drug-likeness (QED) is 0.892. The summed E-state index contributed by atoms with van der Waals surface area (Å²) in [5, 5.41) is 5.38. The second-order valence-electron chi connectivity index (χ2n) is 5.54. The van der Waals surface area contributed by atoms with E-state index in [1.807, 2.05) is 0 Å². The third-order valence-electron chi connectivity index (χ3n) is 3.61. The van der Waals surface area contributed by atoms with Gasteiger partial charge in [-0.3, -0.25) is 19.3 Å². The molecular weight excluding hydrogens is 322 g/mol. The predicted molar refractivity (Wildman–Crippen MR) is 93.7 cm³/mol. The van der Waals surface area contributed by atoms with Gasteiger partial charge < -0.3 is 15.4 Å². The molecule has 0 atom stereocenters. The van der Waals surface area contributed by atoms with Crippen molar-refractivity contribution in [2.24, 2.45) is 0 Å². The van der Waals surface area contributed by atoms with Gasteiger partial charge in [-0.05, 0) is 36.4 Å². The Balaban J connectivity index is 1.65. The number of rotatable bonds is 4. The number of fused-ring (bicyclic) bond motifs is 1. The lowest BCUT2D eigenvalue weighted by molar-refractivity contribution is -0.123. The number of carbonyl (C=O) groups excluding carboxylic acids is 3. The number of nitrogens with zero attached hydrogens (tertiary/aromatic N) is 1. The second kappa shape index (κ2) is 7.04. The van der Waals surface area contributed by atoms with Gasteiger partial charge in [0.2, 0.25) is 11.8 Å². The first-order chi connectivity index (χ1) is 12.0. The molecule has 3 amide bonds. The molecule has 0 fully saturated rings. The minimum absolute atomic E-state index is 0.0410. The first kappa shape index (κ1) is 16.5. The molecule has 2 aromatic carbocycles. The molecule has 1 aliphatic heterocycles. The van der Waals surface area contributed by atoms with Gasteiger partial charge in [0, 0.05) is 12.6 Å². The van der Waals surface area contributed by atoms with Crippen molar-refractivity contribution in [2.45, 2.75) is 6.92 Å². The van der Waals surface area contributed by atoms with E-state index in [-0.39, 0.29) is 30.9 Å². The van der Waals surface area contributed by atoms with Crippen LogP contribution in [0.15, 0.2) is 48.5 Å². The van der Waals surface area contributed by atoms with Crippen LogP contribution >= 0.6 is 0 Å². The molecule has 3 rings (SSSR count). The minimum atomic E-state index is -0.312. The average Bonchev–Trinajstić information content (AvgIpc) is 2.59. The highest BCUT2D eigenvalue weighted by Gasteiger charge is 2.26. The van der Waals surface area contributed by atoms with Gasteiger partial charge in [0.1, 0.15) is 12.3 Å². The standard InChI is InChI=1S/C18H17N3O4/c1-12(22)19-13-6-8-14(9-7-13)25-11-18(24)21-10-17(23)20-15-4-2-3-5-16(15)21/h2-9H,10-11H2,1H3,(H,19,22)(H,20,23). The van der Waals surface area contributed by atoms with Gasteiger partial charge in [0.05, 0.1) is 11.4 Å². The van der Waals surface area contributed by atoms with Crippen molar-refractivity contribution in [3.8, 4) is 5.75 Å². The summed E-state index contributed by atoms with van der Waals surface area (Å²) in [6.07, 6.45) is 0. The number of amides is 3. The van der Waals surface area contributed by atoms with Crippen LogP contribution in [0.5, 0.6) is 5.75 Å². The number of benzene rings is 2. The molecule has 7 nitrogen and oxygen atoms in total. The van der Waals surface area contributed by atoms with Crippen LogP contribution in [0.4, 0.5) is 17.1 Å². The topological polar surface area (TPSA) is 87.7 Å². The van der Waals surface area contributed by atoms with Crippen LogP contribution in [-0.2, 0) is 14.4 Å². The summed E-state index contributed by atoms with van der Waals surface area (Å²) in [6.45, 7) is 1.19. The maximum absolute atomic E-state index is 12.5. The third kappa shape index (κ3) is 3.95. The zero-order valence-corrected chi connectivity index (χ0v) is 13.6. The van der Waals surface area contributed by atoms with Gasteiger partial charge in [-0.25, -0.2) is 0 Å². The lowest BCUT2D eigenvalue weighted by Crippen LogP contribution is -2.44. The molecule has 1 heterocycles. The highest BCUT2D eigenvalue weighted by molar-refractivity contribution is 6.10. The number of carbonyl (C=O) groups is 3. The molecule has 25 heavy (non-hydrogen) atoms. The molecule has 0 spiro atoms. The molecule has 7 heteroatoms. The fourth-order valence-corrected chi connectivity index (χ4v) is 2.52. The van der Waals surface area contributed by atoms with Gasteiger partial charge in [0.15, 0.2) is 6.61 Å². The van der Waals surface area contributed by atoms with Crippen LogP contribution in [0.2, 0.25) is 0 Å². The summed E-state index contributed by atoms with van der Waals surface area (Å²) in [5.74, 6) is -0.219. The smallest absolute Gasteiger partial charge is 0.265 e. The average molecular weight is 339 g/mol. The zero-order chi connectivity index (χ0) is 17.8. The Morgan fingerprint density at radius 1 is 1.16 bits per heavy atom. The van der Waals surface area contributed by atoms with Gasteiger partial charge in [0.25, 0.3) is 5.91 Å². The summed E-state index contributed by atoms with van der Waals surface area (Å²) in [6, 6.07) is 13.8. The lowest BCUT2D eigenvalue weighted by Gasteiger charge is -2.29. The largest absolute Gasteiger partial charge is 0.484 e. The highest BCUT2D eigenvalue weighted by Crippen LogP contribution is 2.29. The molecule has 2 N–H and O–H groups in total. The van der Waals surface area contributed by atoms with E-state index in [9.17, 15) is 14.4 Å². The van der Waals surface area contributed by atoms with Crippen LogP contribution in [0.1, 0.15) is 6.92 Å². The molecule has 1 aliphatic rings. The Morgan fingerprint density at radius 2 is 1.88 bits per heavy atom. The molecule has 0 aromatic heterocycles. The van der Waals surface area contributed by atoms with Crippen molar-refractivity contribution < 1.29 is 19.1 Å². The van der Waals surface area contributed by atoms with Gasteiger partial charge in [-0.2, -0.15) is 0 Å². The summed E-state index contributed by atoms with van der Waals surface area (Å²) in [4.78, 5) is 36.6. The van der Waals surface area contributed by atoms with E-state index < -0.39 is 0 Å². The van der Waals surface area contributed by atoms with E-state index in [2.05, 4.69) is 10.6 Å². The van der Waals surface area contributed by atoms with Crippen LogP contribution in [-0.4, -0.2) is 30.9 Å². The molecule has 0 saturated heterocycles. The van der Waals surface area contributed by atoms with E-state index in [0.717, 1.165) is 0 Å². The predicted octanol–water partition coefficient (Wildman–Crippen LogP) is 2.01. The van der Waals surface area contributed by atoms with Crippen LogP contribution in [0.3, 0.4) is 0 Å². The number of para-hydroxylation sites is 2. The number of ether oxygens (including phenoxy) is 1. The Bertz CT molecular complexity index is 817. The number of hydrogen-bond acceptors (Lipinski definition) is 4. The van der Waals surface area contributed by atoms with Crippen LogP contribution in [0.25, 0.3) is 0 Å². The Morgan fingerprint density at radius 3 is 2.60 bits per heavy atom. The molecule has 0 saturated carbocycles. The first-order valence-corrected chi connectivity index (χ1v) is 7.72. The van der Waals surface area contributed by atoms with Gasteiger partial charge in [-0.1, -0.05) is 12.1 Å². The maximum Gasteiger partial charge on any atom is 0.265 e. The molecule has 0 radical (unpaired) electrons. The van der Waals surface area contributed by atoms with Crippen molar-refractivity contribution in [3.05, 3.63) is 48.5 Å². The number of anilines is 3. The molecule has 0 aliphatic carbocycles. The highest BCUT2D eigenvalue weighted by atomic mass is 16.5. The third-order valence-corrected chi connectivity index (χ3v) is 3.61. The summed E-state index contributed by atoms with van der Waals surface area (Å²) >= 11 is 0. The van der Waals surface area contributed by atoms with Crippen molar-refractivity contribution in [3.63, 3.8) is 0 Å². The van der Waals surface area contributed by atoms with Crippen molar-refractivity contribution in [1.82, 2.24) is 0 Å². The fourth-order valence-electron chi connectivity index (χ4n) is 2.52. The fraction of sp³-hybridized carbons (Fsp3) is 0.167. The Labute approximate surface area is 144 Å². The van der Waals surface area contributed by atoms with Gasteiger partial charge in [-0.15, -0.1) is 0 Å². The minimum Gasteiger partial charge on any atom is -0.484 e. The molecule has 128 valence electrons. The Kier molecular flexibility index (Phi) is 4.65. The van der Waals surface area contributed by atoms with E-state index in [4.69, 9.17) is 4.74 Å². The zero-order valence-electron chi connectivity index (χ0n) is 13.6. The molecule has 2 aromatic rings. The number of hydrogen-bond donors (Lipinski definition) is 2. The first-order valence-electron chi connectivity index (χ1n) is 7.72. The second-order valence-corrected chi connectivity index (χ2v) is 5.54. The summed E-state index contributed by atoms with van der Waals surface area (Å²) in [5.41, 5.74) is 1.90. The lowest BCUT2D eigenvalue weighted by atomic mass is 10.2. The molecule has 0 bridgehead atoms. The number of nitrogens with one attached hydrogen (secondary N) is 2. The Hall–Kier alpha value is -3.35. The summed E-state index contributed by atoms with van der Waals surface area (Å²) in [7, 11) is 0. The van der Waals surface area contributed by atoms with Gasteiger partial charge >= 0.3 is 0 Å². The van der Waals surface area contributed by atoms with Crippen LogP contribution in [0, 0.1) is 0 Å². The van der Waals surface area contributed by atoms with E-state index in [1.54, 1.807) is 48.5 Å². The summed E-state index contributed by atoms with van der Waals surface area (Å²) < 4.78 is 5.50. The monoisotopic (exact) mass is 339 g/mol. The normalized spacial score (nSPS) is 12.8. The maximum atomic E-state index is 12.5. The van der Waals surface area contributed by atoms with E-state index in [1.165, 1.54) is 11.8 Å². The van der Waals surface area contributed by atoms with Crippen molar-refractivity contribution in [1.29, 1.82) is 0 Å². The van der Waals surface area contributed by atoms with Crippen molar-refractivity contribution >= 4 is 34.8 Å².